The van der Waals surface area contributed by atoms with Crippen molar-refractivity contribution in [3.63, 3.8) is 0 Å². The van der Waals surface area contributed by atoms with E-state index in [0.29, 0.717) is 0 Å². The van der Waals surface area contributed by atoms with Crippen molar-refractivity contribution < 1.29 is 9.84 Å². The molecule has 0 saturated carbocycles. The molecular weight excluding hydrogens is 214 g/mol. The van der Waals surface area contributed by atoms with Gasteiger partial charge in [0.2, 0.25) is 0 Å². The van der Waals surface area contributed by atoms with E-state index in [9.17, 15) is 5.11 Å². The minimum absolute atomic E-state index is 0.208. The first-order valence-electron chi connectivity index (χ1n) is 6.30. The molecule has 3 heteroatoms. The molecule has 0 spiro atoms. The Morgan fingerprint density at radius 1 is 1.29 bits per heavy atom. The van der Waals surface area contributed by atoms with Gasteiger partial charge in [0, 0.05) is 32.2 Å². The molecule has 17 heavy (non-hydrogen) atoms. The summed E-state index contributed by atoms with van der Waals surface area (Å²) in [6.07, 6.45) is 0. The van der Waals surface area contributed by atoms with Crippen LogP contribution in [0.4, 0.5) is 0 Å². The van der Waals surface area contributed by atoms with Crippen LogP contribution in [0.5, 0.6) is 0 Å². The minimum Gasteiger partial charge on any atom is -0.396 e. The van der Waals surface area contributed by atoms with Crippen LogP contribution >= 0.6 is 0 Å². The van der Waals surface area contributed by atoms with Crippen LogP contribution in [0.15, 0.2) is 24.3 Å². The predicted octanol–water partition coefficient (Wildman–Crippen LogP) is 1.61. The van der Waals surface area contributed by atoms with Crippen molar-refractivity contribution in [3.8, 4) is 0 Å². The van der Waals surface area contributed by atoms with Gasteiger partial charge < -0.3 is 9.84 Å². The number of hydrogen-bond donors (Lipinski definition) is 1. The number of aliphatic hydroxyl groups is 1. The van der Waals surface area contributed by atoms with Crippen molar-refractivity contribution in [2.75, 3.05) is 32.9 Å². The highest BCUT2D eigenvalue weighted by atomic mass is 16.5. The Bertz CT molecular complexity index is 348. The molecule has 1 N–H and O–H groups in total. The highest BCUT2D eigenvalue weighted by Gasteiger charge is 2.14. The molecule has 1 unspecified atom stereocenters. The largest absolute Gasteiger partial charge is 0.396 e. The Kier molecular flexibility index (Phi) is 4.54. The van der Waals surface area contributed by atoms with E-state index in [1.54, 1.807) is 0 Å². The SMILES string of the molecule is CC(CO)c1ccccc1CN1CCOCC1. The quantitative estimate of drug-likeness (QED) is 0.860. The molecule has 94 valence electrons. The fourth-order valence-corrected chi connectivity index (χ4v) is 2.26. The van der Waals surface area contributed by atoms with Gasteiger partial charge in [-0.05, 0) is 11.1 Å². The molecule has 1 aromatic rings. The van der Waals surface area contributed by atoms with Crippen LogP contribution < -0.4 is 0 Å². The summed E-state index contributed by atoms with van der Waals surface area (Å²) in [5, 5.41) is 9.28. The summed E-state index contributed by atoms with van der Waals surface area (Å²) in [6.45, 7) is 6.90. The zero-order valence-electron chi connectivity index (χ0n) is 10.4. The first-order valence-corrected chi connectivity index (χ1v) is 6.30. The number of ether oxygens (including phenoxy) is 1. The molecule has 0 amide bonds. The summed E-state index contributed by atoms with van der Waals surface area (Å²) in [6, 6.07) is 8.40. The fraction of sp³-hybridized carbons (Fsp3) is 0.571. The number of rotatable bonds is 4. The number of nitrogens with zero attached hydrogens (tertiary/aromatic N) is 1. The summed E-state index contributed by atoms with van der Waals surface area (Å²) in [4.78, 5) is 2.41. The summed E-state index contributed by atoms with van der Waals surface area (Å²) in [5.41, 5.74) is 2.59. The van der Waals surface area contributed by atoms with E-state index in [4.69, 9.17) is 4.74 Å². The number of benzene rings is 1. The highest BCUT2D eigenvalue weighted by Crippen LogP contribution is 2.21. The van der Waals surface area contributed by atoms with Gasteiger partial charge in [0.05, 0.1) is 13.2 Å². The molecule has 3 nitrogen and oxygen atoms in total. The molecule has 0 radical (unpaired) electrons. The normalized spacial score (nSPS) is 19.2. The van der Waals surface area contributed by atoms with Gasteiger partial charge in [-0.3, -0.25) is 4.90 Å². The van der Waals surface area contributed by atoms with Crippen molar-refractivity contribution in [1.29, 1.82) is 0 Å². The van der Waals surface area contributed by atoms with Gasteiger partial charge in [-0.25, -0.2) is 0 Å². The minimum atomic E-state index is 0.208. The molecule has 1 fully saturated rings. The van der Waals surface area contributed by atoms with Gasteiger partial charge in [0.1, 0.15) is 0 Å². The summed E-state index contributed by atoms with van der Waals surface area (Å²) in [7, 11) is 0. The highest BCUT2D eigenvalue weighted by molar-refractivity contribution is 5.30. The number of morpholine rings is 1. The smallest absolute Gasteiger partial charge is 0.0594 e. The first-order chi connectivity index (χ1) is 8.31. The lowest BCUT2D eigenvalue weighted by atomic mass is 9.96. The Balaban J connectivity index is 2.08. The first kappa shape index (κ1) is 12.6. The molecule has 1 aliphatic heterocycles. The monoisotopic (exact) mass is 235 g/mol. The Labute approximate surface area is 103 Å². The van der Waals surface area contributed by atoms with Crippen LogP contribution in [0.25, 0.3) is 0 Å². The Morgan fingerprint density at radius 3 is 2.71 bits per heavy atom. The van der Waals surface area contributed by atoms with Crippen LogP contribution in [0.2, 0.25) is 0 Å². The second kappa shape index (κ2) is 6.15. The molecular formula is C14H21NO2. The standard InChI is InChI=1S/C14H21NO2/c1-12(11-16)14-5-3-2-4-13(14)10-15-6-8-17-9-7-15/h2-5,12,16H,6-11H2,1H3. The summed E-state index contributed by atoms with van der Waals surface area (Å²) < 4.78 is 5.35. The third kappa shape index (κ3) is 3.28. The molecule has 0 bridgehead atoms. The van der Waals surface area contributed by atoms with E-state index in [0.717, 1.165) is 32.8 Å². The van der Waals surface area contributed by atoms with E-state index in [1.165, 1.54) is 11.1 Å². The molecule has 2 rings (SSSR count). The summed E-state index contributed by atoms with van der Waals surface area (Å²) in [5.74, 6) is 0.215. The molecule has 1 aliphatic rings. The Hall–Kier alpha value is -0.900. The molecule has 1 atom stereocenters. The maximum absolute atomic E-state index is 9.28. The Morgan fingerprint density at radius 2 is 2.00 bits per heavy atom. The molecule has 1 saturated heterocycles. The van der Waals surface area contributed by atoms with Crippen molar-refractivity contribution in [2.24, 2.45) is 0 Å². The van der Waals surface area contributed by atoms with Crippen LogP contribution in [-0.2, 0) is 11.3 Å². The lowest BCUT2D eigenvalue weighted by Gasteiger charge is -2.28. The van der Waals surface area contributed by atoms with E-state index >= 15 is 0 Å². The maximum Gasteiger partial charge on any atom is 0.0594 e. The molecule has 1 aromatic carbocycles. The van der Waals surface area contributed by atoms with Crippen molar-refractivity contribution in [2.45, 2.75) is 19.4 Å². The van der Waals surface area contributed by atoms with Gasteiger partial charge in [0.15, 0.2) is 0 Å². The average molecular weight is 235 g/mol. The molecule has 0 aliphatic carbocycles. The van der Waals surface area contributed by atoms with Crippen LogP contribution in [0, 0.1) is 0 Å². The third-order valence-corrected chi connectivity index (χ3v) is 3.36. The van der Waals surface area contributed by atoms with Crippen LogP contribution in [-0.4, -0.2) is 42.9 Å². The van der Waals surface area contributed by atoms with Gasteiger partial charge in [-0.2, -0.15) is 0 Å². The van der Waals surface area contributed by atoms with E-state index < -0.39 is 0 Å². The van der Waals surface area contributed by atoms with Crippen LogP contribution in [0.3, 0.4) is 0 Å². The van der Waals surface area contributed by atoms with Gasteiger partial charge in [-0.1, -0.05) is 31.2 Å². The lowest BCUT2D eigenvalue weighted by Crippen LogP contribution is -2.36. The van der Waals surface area contributed by atoms with E-state index in [1.807, 2.05) is 6.07 Å². The van der Waals surface area contributed by atoms with Gasteiger partial charge in [0.25, 0.3) is 0 Å². The summed E-state index contributed by atoms with van der Waals surface area (Å²) >= 11 is 0. The molecule has 0 aromatic heterocycles. The average Bonchev–Trinajstić information content (AvgIpc) is 2.40. The zero-order chi connectivity index (χ0) is 12.1. The fourth-order valence-electron chi connectivity index (χ4n) is 2.26. The topological polar surface area (TPSA) is 32.7 Å². The number of hydrogen-bond acceptors (Lipinski definition) is 3. The molecule has 1 heterocycles. The number of aliphatic hydroxyl groups excluding tert-OH is 1. The second-order valence-electron chi connectivity index (χ2n) is 4.67. The maximum atomic E-state index is 9.28. The van der Waals surface area contributed by atoms with Crippen molar-refractivity contribution >= 4 is 0 Å². The zero-order valence-corrected chi connectivity index (χ0v) is 10.4. The van der Waals surface area contributed by atoms with E-state index in [2.05, 4.69) is 30.0 Å². The predicted molar refractivity (Wildman–Crippen MR) is 68.0 cm³/mol. The van der Waals surface area contributed by atoms with Crippen molar-refractivity contribution in [3.05, 3.63) is 35.4 Å². The van der Waals surface area contributed by atoms with Gasteiger partial charge in [-0.15, -0.1) is 0 Å². The third-order valence-electron chi connectivity index (χ3n) is 3.36. The lowest BCUT2D eigenvalue weighted by molar-refractivity contribution is 0.0340. The van der Waals surface area contributed by atoms with E-state index in [-0.39, 0.29) is 12.5 Å². The van der Waals surface area contributed by atoms with Crippen molar-refractivity contribution in [1.82, 2.24) is 4.90 Å². The van der Waals surface area contributed by atoms with Gasteiger partial charge >= 0.3 is 0 Å². The van der Waals surface area contributed by atoms with Crippen LogP contribution in [0.1, 0.15) is 24.0 Å². The second-order valence-corrected chi connectivity index (χ2v) is 4.67.